The molecule has 3 aliphatic rings. The van der Waals surface area contributed by atoms with Crippen LogP contribution in [-0.4, -0.2) is 43.7 Å². The predicted octanol–water partition coefficient (Wildman–Crippen LogP) is 5.71. The molecule has 0 bridgehead atoms. The standard InChI is InChI=1S/C18H29FN2.C8H8FNO2/c1-15-3-5-18(6-4-15)13-21(14-18)12-17(11-20)9-7-16(2,19)8-10-17;1-12-8-3-6(9)2-7(4-8)10-5-11/h15H,3-10,12-14H2,1-2H3;2-5H,1H3,(H,10,11). The first-order chi connectivity index (χ1) is 15.6. The summed E-state index contributed by atoms with van der Waals surface area (Å²) >= 11 is 0. The fourth-order valence-electron chi connectivity index (χ4n) is 5.52. The Morgan fingerprint density at radius 3 is 2.36 bits per heavy atom. The average Bonchev–Trinajstić information content (AvgIpc) is 2.76. The fraction of sp³-hybridized carbons (Fsp3) is 0.692. The molecule has 5 nitrogen and oxygen atoms in total. The molecule has 7 heteroatoms. The van der Waals surface area contributed by atoms with Gasteiger partial charge in [-0.1, -0.05) is 19.8 Å². The van der Waals surface area contributed by atoms with Gasteiger partial charge in [0.2, 0.25) is 6.41 Å². The van der Waals surface area contributed by atoms with Gasteiger partial charge in [-0.05, 0) is 62.8 Å². The zero-order valence-electron chi connectivity index (χ0n) is 20.1. The quantitative estimate of drug-likeness (QED) is 0.570. The van der Waals surface area contributed by atoms with Gasteiger partial charge in [0.05, 0.1) is 18.6 Å². The summed E-state index contributed by atoms with van der Waals surface area (Å²) in [6.45, 7) is 7.28. The minimum absolute atomic E-state index is 0.283. The number of anilines is 1. The summed E-state index contributed by atoms with van der Waals surface area (Å²) in [6.07, 6.45) is 8.53. The van der Waals surface area contributed by atoms with Gasteiger partial charge in [0.25, 0.3) is 0 Å². The molecule has 0 aromatic heterocycles. The third-order valence-corrected chi connectivity index (χ3v) is 7.80. The van der Waals surface area contributed by atoms with Crippen LogP contribution < -0.4 is 10.1 Å². The van der Waals surface area contributed by atoms with E-state index in [0.717, 1.165) is 25.3 Å². The van der Waals surface area contributed by atoms with Crippen molar-refractivity contribution in [2.24, 2.45) is 16.7 Å². The van der Waals surface area contributed by atoms with E-state index in [1.807, 2.05) is 0 Å². The van der Waals surface area contributed by atoms with Crippen LogP contribution in [0.25, 0.3) is 0 Å². The Balaban J connectivity index is 0.000000218. The lowest BCUT2D eigenvalue weighted by Gasteiger charge is -2.55. The number of carbonyl (C=O) groups excluding carboxylic acids is 1. The largest absolute Gasteiger partial charge is 0.497 e. The minimum atomic E-state index is -1.05. The molecule has 4 rings (SSSR count). The lowest BCUT2D eigenvalue weighted by atomic mass is 9.64. The van der Waals surface area contributed by atoms with Crippen molar-refractivity contribution in [2.75, 3.05) is 32.1 Å². The van der Waals surface area contributed by atoms with Crippen LogP contribution in [0.5, 0.6) is 5.75 Å². The highest BCUT2D eigenvalue weighted by molar-refractivity contribution is 5.71. The van der Waals surface area contributed by atoms with Crippen LogP contribution in [0.1, 0.15) is 65.2 Å². The number of benzene rings is 1. The molecule has 1 aliphatic heterocycles. The Bertz CT molecular complexity index is 842. The summed E-state index contributed by atoms with van der Waals surface area (Å²) in [4.78, 5) is 12.5. The molecule has 1 amide bonds. The van der Waals surface area contributed by atoms with E-state index in [4.69, 9.17) is 4.74 Å². The highest BCUT2D eigenvalue weighted by Gasteiger charge is 2.48. The smallest absolute Gasteiger partial charge is 0.211 e. The SMILES string of the molecule is CC1CCC2(CC1)CN(CC1(C#N)CCC(C)(F)CC1)C2.COc1cc(F)cc(NC=O)c1. The molecule has 2 aliphatic carbocycles. The monoisotopic (exact) mass is 461 g/mol. The van der Waals surface area contributed by atoms with E-state index >= 15 is 0 Å². The van der Waals surface area contributed by atoms with Crippen LogP contribution in [0.15, 0.2) is 18.2 Å². The molecule has 2 saturated carbocycles. The highest BCUT2D eigenvalue weighted by Crippen LogP contribution is 2.48. The molecular formula is C26H37F2N3O2. The molecule has 1 N–H and O–H groups in total. The number of nitrogens with zero attached hydrogens (tertiary/aromatic N) is 2. The summed E-state index contributed by atoms with van der Waals surface area (Å²) in [5, 5.41) is 11.9. The second-order valence-electron chi connectivity index (χ2n) is 10.8. The van der Waals surface area contributed by atoms with Crippen molar-refractivity contribution in [3.8, 4) is 11.8 Å². The Hall–Kier alpha value is -2.20. The number of ether oxygens (including phenoxy) is 1. The molecule has 1 aromatic rings. The van der Waals surface area contributed by atoms with Crippen LogP contribution in [0, 0.1) is 33.9 Å². The number of nitrogens with one attached hydrogen (secondary N) is 1. The molecule has 33 heavy (non-hydrogen) atoms. The topological polar surface area (TPSA) is 65.4 Å². The van der Waals surface area contributed by atoms with Crippen LogP contribution >= 0.6 is 0 Å². The summed E-state index contributed by atoms with van der Waals surface area (Å²) in [5.74, 6) is 0.828. The molecule has 3 fully saturated rings. The number of alkyl halides is 1. The van der Waals surface area contributed by atoms with Crippen molar-refractivity contribution in [3.05, 3.63) is 24.0 Å². The number of likely N-dealkylation sites (tertiary alicyclic amines) is 1. The van der Waals surface area contributed by atoms with E-state index in [9.17, 15) is 18.8 Å². The van der Waals surface area contributed by atoms with Gasteiger partial charge < -0.3 is 15.0 Å². The van der Waals surface area contributed by atoms with E-state index in [1.165, 1.54) is 64.1 Å². The lowest BCUT2D eigenvalue weighted by molar-refractivity contribution is -0.105. The number of methoxy groups -OCH3 is 1. The number of nitriles is 1. The summed E-state index contributed by atoms with van der Waals surface area (Å²) in [5.41, 5.74) is -0.390. The van der Waals surface area contributed by atoms with Gasteiger partial charge in [-0.2, -0.15) is 5.26 Å². The highest BCUT2D eigenvalue weighted by atomic mass is 19.1. The normalized spacial score (nSPS) is 29.2. The van der Waals surface area contributed by atoms with Crippen molar-refractivity contribution >= 4 is 12.1 Å². The van der Waals surface area contributed by atoms with Gasteiger partial charge in [0.15, 0.2) is 0 Å². The Morgan fingerprint density at radius 2 is 1.82 bits per heavy atom. The predicted molar refractivity (Wildman–Crippen MR) is 125 cm³/mol. The molecule has 0 unspecified atom stereocenters. The van der Waals surface area contributed by atoms with E-state index in [0.29, 0.717) is 36.1 Å². The maximum Gasteiger partial charge on any atom is 0.211 e. The number of amides is 1. The molecule has 1 aromatic carbocycles. The number of hydrogen-bond donors (Lipinski definition) is 1. The van der Waals surface area contributed by atoms with Crippen LogP contribution in [-0.2, 0) is 4.79 Å². The van der Waals surface area contributed by atoms with E-state index < -0.39 is 11.5 Å². The Morgan fingerprint density at radius 1 is 1.18 bits per heavy atom. The number of rotatable bonds is 5. The van der Waals surface area contributed by atoms with Gasteiger partial charge in [0, 0.05) is 37.5 Å². The first-order valence-corrected chi connectivity index (χ1v) is 12.0. The molecule has 1 saturated heterocycles. The maximum atomic E-state index is 14.0. The molecule has 182 valence electrons. The second-order valence-corrected chi connectivity index (χ2v) is 10.8. The van der Waals surface area contributed by atoms with Crippen molar-refractivity contribution in [3.63, 3.8) is 0 Å². The van der Waals surface area contributed by atoms with Gasteiger partial charge in [-0.15, -0.1) is 0 Å². The van der Waals surface area contributed by atoms with Crippen molar-refractivity contribution in [1.82, 2.24) is 4.90 Å². The third-order valence-electron chi connectivity index (χ3n) is 7.80. The van der Waals surface area contributed by atoms with Crippen LogP contribution in [0.2, 0.25) is 0 Å². The zero-order chi connectivity index (χ0) is 24.1. The molecule has 1 heterocycles. The van der Waals surface area contributed by atoms with Crippen molar-refractivity contribution < 1.29 is 18.3 Å². The first kappa shape index (κ1) is 25.4. The van der Waals surface area contributed by atoms with Crippen molar-refractivity contribution in [2.45, 2.75) is 70.9 Å². The van der Waals surface area contributed by atoms with Gasteiger partial charge in [-0.3, -0.25) is 4.79 Å². The maximum absolute atomic E-state index is 14.0. The molecule has 1 spiro atoms. The summed E-state index contributed by atoms with van der Waals surface area (Å²) < 4.78 is 31.5. The van der Waals surface area contributed by atoms with E-state index in [2.05, 4.69) is 23.2 Å². The number of halogens is 2. The van der Waals surface area contributed by atoms with Gasteiger partial charge in [-0.25, -0.2) is 8.78 Å². The van der Waals surface area contributed by atoms with Crippen molar-refractivity contribution in [1.29, 1.82) is 5.26 Å². The van der Waals surface area contributed by atoms with Gasteiger partial charge >= 0.3 is 0 Å². The minimum Gasteiger partial charge on any atom is -0.497 e. The number of carbonyl (C=O) groups is 1. The van der Waals surface area contributed by atoms with E-state index in [1.54, 1.807) is 6.92 Å². The molecule has 0 radical (unpaired) electrons. The van der Waals surface area contributed by atoms with Crippen LogP contribution in [0.3, 0.4) is 0 Å². The second kappa shape index (κ2) is 10.4. The zero-order valence-corrected chi connectivity index (χ0v) is 20.1. The summed E-state index contributed by atoms with van der Waals surface area (Å²) in [7, 11) is 1.43. The van der Waals surface area contributed by atoms with Crippen LogP contribution in [0.4, 0.5) is 14.5 Å². The summed E-state index contributed by atoms with van der Waals surface area (Å²) in [6, 6.07) is 6.51. The van der Waals surface area contributed by atoms with E-state index in [-0.39, 0.29) is 5.41 Å². The Labute approximate surface area is 196 Å². The first-order valence-electron chi connectivity index (χ1n) is 12.0. The number of hydrogen-bond acceptors (Lipinski definition) is 4. The molecule has 0 atom stereocenters. The lowest BCUT2D eigenvalue weighted by Crippen LogP contribution is -2.60. The average molecular weight is 462 g/mol. The third kappa shape index (κ3) is 6.66. The fourth-order valence-corrected chi connectivity index (χ4v) is 5.52. The Kier molecular flexibility index (Phi) is 8.00. The van der Waals surface area contributed by atoms with Gasteiger partial charge in [0.1, 0.15) is 17.2 Å². The molecular weight excluding hydrogens is 424 g/mol.